The van der Waals surface area contributed by atoms with Gasteiger partial charge in [-0.15, -0.1) is 0 Å². The van der Waals surface area contributed by atoms with Gasteiger partial charge in [-0.3, -0.25) is 4.79 Å². The van der Waals surface area contributed by atoms with E-state index in [1.807, 2.05) is 13.8 Å². The molecule has 2 aromatic carbocycles. The van der Waals surface area contributed by atoms with Crippen molar-refractivity contribution in [2.45, 2.75) is 85.4 Å². The third-order valence-electron chi connectivity index (χ3n) is 7.07. The number of carboxylic acids is 1. The van der Waals surface area contributed by atoms with Crippen LogP contribution in [0.5, 0.6) is 5.75 Å². The topological polar surface area (TPSA) is 58.6 Å². The number of carboxylic acid groups (broad SMARTS) is 1. The van der Waals surface area contributed by atoms with Crippen LogP contribution in [-0.4, -0.2) is 23.2 Å². The number of hydrogen-bond acceptors (Lipinski definition) is 3. The number of rotatable bonds is 8. The molecule has 1 aliphatic rings. The first-order valence-corrected chi connectivity index (χ1v) is 11.8. The average Bonchev–Trinajstić information content (AvgIpc) is 2.72. The van der Waals surface area contributed by atoms with Crippen LogP contribution in [0.4, 0.5) is 0 Å². The Kier molecular flexibility index (Phi) is 7.64. The standard InChI is InChI=1S/C27H39NO3/c1-6-25(26(29)30)18(2)28-17-19-7-8-21-16-24(12-9-20(21)15-19)31-23-13-10-22(11-14-23)27(3,4)5/h7-9,12,15-16,18,22-23,25,28H,6,10-11,13-14,17H2,1-5H3,(H,29,30)/t18?,22-,23-,25?. The molecule has 0 saturated heterocycles. The summed E-state index contributed by atoms with van der Waals surface area (Å²) in [6.07, 6.45) is 5.72. The monoisotopic (exact) mass is 425 g/mol. The molecule has 31 heavy (non-hydrogen) atoms. The van der Waals surface area contributed by atoms with Crippen molar-refractivity contribution in [3.05, 3.63) is 42.0 Å². The van der Waals surface area contributed by atoms with Crippen molar-refractivity contribution in [2.24, 2.45) is 17.3 Å². The zero-order chi connectivity index (χ0) is 22.6. The number of fused-ring (bicyclic) bond motifs is 1. The van der Waals surface area contributed by atoms with Crippen LogP contribution in [0.3, 0.4) is 0 Å². The number of carbonyl (C=O) groups is 1. The maximum Gasteiger partial charge on any atom is 0.308 e. The normalized spacial score (nSPS) is 21.6. The predicted molar refractivity (Wildman–Crippen MR) is 127 cm³/mol. The molecule has 0 aromatic heterocycles. The summed E-state index contributed by atoms with van der Waals surface area (Å²) in [4.78, 5) is 11.3. The molecule has 0 bridgehead atoms. The summed E-state index contributed by atoms with van der Waals surface area (Å²) in [6, 6.07) is 12.7. The van der Waals surface area contributed by atoms with Crippen LogP contribution >= 0.6 is 0 Å². The second-order valence-corrected chi connectivity index (χ2v) is 10.3. The fourth-order valence-electron chi connectivity index (χ4n) is 4.86. The zero-order valence-corrected chi connectivity index (χ0v) is 19.8. The highest BCUT2D eigenvalue weighted by molar-refractivity contribution is 5.84. The zero-order valence-electron chi connectivity index (χ0n) is 19.8. The van der Waals surface area contributed by atoms with Gasteiger partial charge in [0.15, 0.2) is 0 Å². The van der Waals surface area contributed by atoms with Gasteiger partial charge in [-0.05, 0) is 84.9 Å². The molecule has 3 rings (SSSR count). The molecule has 4 nitrogen and oxygen atoms in total. The van der Waals surface area contributed by atoms with Gasteiger partial charge in [0.2, 0.25) is 0 Å². The fraction of sp³-hybridized carbons (Fsp3) is 0.593. The molecule has 1 fully saturated rings. The van der Waals surface area contributed by atoms with E-state index in [-0.39, 0.29) is 12.0 Å². The SMILES string of the molecule is CCC(C(=O)O)C(C)NCc1ccc2cc(O[C@H]3CC[C@H](C(C)(C)C)CC3)ccc2c1. The summed E-state index contributed by atoms with van der Waals surface area (Å²) in [5.41, 5.74) is 1.55. The fourth-order valence-corrected chi connectivity index (χ4v) is 4.86. The number of benzene rings is 2. The highest BCUT2D eigenvalue weighted by Gasteiger charge is 2.30. The van der Waals surface area contributed by atoms with Crippen molar-refractivity contribution in [3.8, 4) is 5.75 Å². The van der Waals surface area contributed by atoms with Gasteiger partial charge in [0.05, 0.1) is 12.0 Å². The number of nitrogens with one attached hydrogen (secondary N) is 1. The van der Waals surface area contributed by atoms with Gasteiger partial charge in [0, 0.05) is 12.6 Å². The lowest BCUT2D eigenvalue weighted by Crippen LogP contribution is -2.37. The minimum atomic E-state index is -0.736. The second-order valence-electron chi connectivity index (χ2n) is 10.3. The first-order chi connectivity index (χ1) is 14.7. The molecule has 170 valence electrons. The Hall–Kier alpha value is -2.07. The number of aliphatic carboxylic acids is 1. The van der Waals surface area contributed by atoms with Gasteiger partial charge < -0.3 is 15.2 Å². The summed E-state index contributed by atoms with van der Waals surface area (Å²) in [7, 11) is 0. The van der Waals surface area contributed by atoms with Crippen LogP contribution < -0.4 is 10.1 Å². The van der Waals surface area contributed by atoms with Crippen LogP contribution in [0.25, 0.3) is 10.8 Å². The molecule has 2 N–H and O–H groups in total. The smallest absolute Gasteiger partial charge is 0.308 e. The Morgan fingerprint density at radius 2 is 1.74 bits per heavy atom. The summed E-state index contributed by atoms with van der Waals surface area (Å²) >= 11 is 0. The van der Waals surface area contributed by atoms with Gasteiger partial charge in [-0.2, -0.15) is 0 Å². The summed E-state index contributed by atoms with van der Waals surface area (Å²) < 4.78 is 6.33. The van der Waals surface area contributed by atoms with Crippen LogP contribution in [0.15, 0.2) is 36.4 Å². The number of ether oxygens (including phenoxy) is 1. The van der Waals surface area contributed by atoms with Crippen LogP contribution in [0.1, 0.15) is 72.3 Å². The first-order valence-electron chi connectivity index (χ1n) is 11.8. The molecular formula is C27H39NO3. The second kappa shape index (κ2) is 10.0. The van der Waals surface area contributed by atoms with Gasteiger partial charge in [0.25, 0.3) is 0 Å². The maximum absolute atomic E-state index is 11.3. The highest BCUT2D eigenvalue weighted by Crippen LogP contribution is 2.39. The first kappa shape index (κ1) is 23.6. The van der Waals surface area contributed by atoms with Gasteiger partial charge >= 0.3 is 5.97 Å². The van der Waals surface area contributed by atoms with Crippen molar-refractivity contribution >= 4 is 16.7 Å². The molecule has 1 saturated carbocycles. The number of hydrogen-bond donors (Lipinski definition) is 2. The van der Waals surface area contributed by atoms with Crippen molar-refractivity contribution in [2.75, 3.05) is 0 Å². The van der Waals surface area contributed by atoms with Crippen molar-refractivity contribution in [1.82, 2.24) is 5.32 Å². The van der Waals surface area contributed by atoms with E-state index in [2.05, 4.69) is 62.5 Å². The van der Waals surface area contributed by atoms with E-state index < -0.39 is 5.97 Å². The minimum absolute atomic E-state index is 0.0673. The lowest BCUT2D eigenvalue weighted by atomic mass is 9.72. The Labute approximate surface area is 187 Å². The van der Waals surface area contributed by atoms with E-state index in [4.69, 9.17) is 4.74 Å². The maximum atomic E-state index is 11.3. The van der Waals surface area contributed by atoms with Crippen LogP contribution in [-0.2, 0) is 11.3 Å². The van der Waals surface area contributed by atoms with E-state index in [1.165, 1.54) is 23.6 Å². The summed E-state index contributed by atoms with van der Waals surface area (Å²) in [6.45, 7) is 11.6. The third-order valence-corrected chi connectivity index (χ3v) is 7.07. The summed E-state index contributed by atoms with van der Waals surface area (Å²) in [5, 5.41) is 15.0. The van der Waals surface area contributed by atoms with Crippen LogP contribution in [0, 0.1) is 17.3 Å². The molecule has 0 radical (unpaired) electrons. The highest BCUT2D eigenvalue weighted by atomic mass is 16.5. The molecule has 0 spiro atoms. The average molecular weight is 426 g/mol. The lowest BCUT2D eigenvalue weighted by molar-refractivity contribution is -0.142. The Bertz CT molecular complexity index is 878. The molecule has 0 heterocycles. The molecule has 2 aromatic rings. The molecule has 0 aliphatic heterocycles. The van der Waals surface area contributed by atoms with E-state index >= 15 is 0 Å². The Balaban J connectivity index is 1.58. The Morgan fingerprint density at radius 1 is 1.10 bits per heavy atom. The molecule has 4 heteroatoms. The van der Waals surface area contributed by atoms with Gasteiger partial charge in [0.1, 0.15) is 5.75 Å². The van der Waals surface area contributed by atoms with Gasteiger partial charge in [-0.1, -0.05) is 45.9 Å². The van der Waals surface area contributed by atoms with E-state index in [1.54, 1.807) is 0 Å². The molecule has 2 atom stereocenters. The molecule has 2 unspecified atom stereocenters. The lowest BCUT2D eigenvalue weighted by Gasteiger charge is -2.37. The quantitative estimate of drug-likeness (QED) is 0.513. The van der Waals surface area contributed by atoms with Crippen molar-refractivity contribution in [1.29, 1.82) is 0 Å². The van der Waals surface area contributed by atoms with Crippen LogP contribution in [0.2, 0.25) is 0 Å². The summed E-state index contributed by atoms with van der Waals surface area (Å²) in [5.74, 6) is 0.652. The molecule has 1 aliphatic carbocycles. The molecular weight excluding hydrogens is 386 g/mol. The Morgan fingerprint density at radius 3 is 2.35 bits per heavy atom. The predicted octanol–water partition coefficient (Wildman–Crippen LogP) is 6.41. The van der Waals surface area contributed by atoms with E-state index in [9.17, 15) is 9.90 Å². The van der Waals surface area contributed by atoms with E-state index in [0.29, 0.717) is 24.5 Å². The third kappa shape index (κ3) is 6.22. The van der Waals surface area contributed by atoms with Crippen molar-refractivity contribution < 1.29 is 14.6 Å². The molecule has 0 amide bonds. The van der Waals surface area contributed by atoms with Gasteiger partial charge in [-0.25, -0.2) is 0 Å². The van der Waals surface area contributed by atoms with E-state index in [0.717, 1.165) is 30.1 Å². The largest absolute Gasteiger partial charge is 0.490 e. The van der Waals surface area contributed by atoms with Crippen molar-refractivity contribution in [3.63, 3.8) is 0 Å². The minimum Gasteiger partial charge on any atom is -0.490 e.